The van der Waals surface area contributed by atoms with Crippen molar-refractivity contribution in [2.45, 2.75) is 25.7 Å². The van der Waals surface area contributed by atoms with Crippen molar-refractivity contribution < 1.29 is 14.7 Å². The number of fused-ring (bicyclic) bond motifs is 1. The fourth-order valence-corrected chi connectivity index (χ4v) is 4.65. The van der Waals surface area contributed by atoms with E-state index in [9.17, 15) is 14.7 Å². The van der Waals surface area contributed by atoms with E-state index in [0.29, 0.717) is 34.3 Å². The highest BCUT2D eigenvalue weighted by atomic mass is 32.1. The molecule has 0 spiro atoms. The van der Waals surface area contributed by atoms with E-state index in [2.05, 4.69) is 15.7 Å². The zero-order chi connectivity index (χ0) is 22.2. The fourth-order valence-electron chi connectivity index (χ4n) is 3.69. The van der Waals surface area contributed by atoms with Crippen LogP contribution < -0.4 is 10.6 Å². The van der Waals surface area contributed by atoms with Crippen molar-refractivity contribution in [3.05, 3.63) is 65.2 Å². The molecule has 0 saturated heterocycles. The van der Waals surface area contributed by atoms with Crippen molar-refractivity contribution in [2.75, 3.05) is 11.9 Å². The summed E-state index contributed by atoms with van der Waals surface area (Å²) in [5, 5.41) is 21.6. The van der Waals surface area contributed by atoms with E-state index in [1.807, 2.05) is 43.3 Å². The van der Waals surface area contributed by atoms with Gasteiger partial charge in [-0.2, -0.15) is 9.78 Å². The summed E-state index contributed by atoms with van der Waals surface area (Å²) < 4.78 is 2.44. The number of nitrogens with zero attached hydrogens (tertiary/aromatic N) is 2. The number of aromatic nitrogens is 2. The summed E-state index contributed by atoms with van der Waals surface area (Å²) in [6.07, 6.45) is 2.03. The summed E-state index contributed by atoms with van der Waals surface area (Å²) in [7, 11) is 0. The van der Waals surface area contributed by atoms with Crippen LogP contribution >= 0.6 is 11.3 Å². The van der Waals surface area contributed by atoms with Gasteiger partial charge in [0.05, 0.1) is 16.3 Å². The third kappa shape index (κ3) is 3.85. The van der Waals surface area contributed by atoms with E-state index in [4.69, 9.17) is 0 Å². The third-order valence-corrected chi connectivity index (χ3v) is 6.55. The van der Waals surface area contributed by atoms with E-state index < -0.39 is 0 Å². The predicted molar refractivity (Wildman–Crippen MR) is 126 cm³/mol. The van der Waals surface area contributed by atoms with Crippen LogP contribution in [0.25, 0.3) is 21.3 Å². The second kappa shape index (κ2) is 8.12. The van der Waals surface area contributed by atoms with Gasteiger partial charge in [-0.15, -0.1) is 11.3 Å². The largest absolute Gasteiger partial charge is 0.507 e. The van der Waals surface area contributed by atoms with E-state index in [0.717, 1.165) is 28.6 Å². The Bertz CT molecular complexity index is 1300. The van der Waals surface area contributed by atoms with Crippen molar-refractivity contribution >= 4 is 39.0 Å². The lowest BCUT2D eigenvalue weighted by molar-refractivity contribution is 0.103. The normalized spacial score (nSPS) is 13.3. The molecule has 2 heterocycles. The Morgan fingerprint density at radius 1 is 1.16 bits per heavy atom. The predicted octanol–water partition coefficient (Wildman–Crippen LogP) is 5.18. The standard InChI is InChI=1S/C24H22N4O3S/c1-2-25-24(31)28-19(14-7-8-14)13-18(27-28)17-12-16(9-10-20(17)29)26-23(30)22-11-15-5-3-4-6-21(15)32-22/h3-6,9-14,29H,2,7-8H2,1H3,(H,25,31)(H,26,30). The zero-order valence-corrected chi connectivity index (χ0v) is 18.3. The van der Waals surface area contributed by atoms with Gasteiger partial charge in [0.15, 0.2) is 0 Å². The van der Waals surface area contributed by atoms with Crippen LogP contribution in [0.15, 0.2) is 54.6 Å². The number of hydrogen-bond donors (Lipinski definition) is 3. The van der Waals surface area contributed by atoms with Gasteiger partial charge >= 0.3 is 6.03 Å². The number of phenolic OH excluding ortho intramolecular Hbond substituents is 1. The van der Waals surface area contributed by atoms with Crippen LogP contribution in [0.4, 0.5) is 10.5 Å². The van der Waals surface area contributed by atoms with Crippen LogP contribution in [0.1, 0.15) is 41.0 Å². The minimum absolute atomic E-state index is 0.0350. The molecule has 2 aromatic heterocycles. The Morgan fingerprint density at radius 3 is 2.72 bits per heavy atom. The lowest BCUT2D eigenvalue weighted by Gasteiger charge is -2.07. The molecule has 1 saturated carbocycles. The lowest BCUT2D eigenvalue weighted by atomic mass is 10.1. The Labute approximate surface area is 188 Å². The highest BCUT2D eigenvalue weighted by molar-refractivity contribution is 7.20. The number of phenols is 1. The molecular formula is C24H22N4O3S. The molecule has 3 N–H and O–H groups in total. The van der Waals surface area contributed by atoms with E-state index in [-0.39, 0.29) is 17.7 Å². The number of aromatic hydroxyl groups is 1. The van der Waals surface area contributed by atoms with Crippen molar-refractivity contribution in [3.63, 3.8) is 0 Å². The number of anilines is 1. The van der Waals surface area contributed by atoms with Gasteiger partial charge in [-0.25, -0.2) is 4.79 Å². The average molecular weight is 447 g/mol. The number of nitrogens with one attached hydrogen (secondary N) is 2. The average Bonchev–Trinajstić information content (AvgIpc) is 3.38. The van der Waals surface area contributed by atoms with Crippen molar-refractivity contribution in [3.8, 4) is 17.0 Å². The van der Waals surface area contributed by atoms with Gasteiger partial charge in [0.25, 0.3) is 5.91 Å². The summed E-state index contributed by atoms with van der Waals surface area (Å²) in [4.78, 5) is 25.8. The van der Waals surface area contributed by atoms with Gasteiger partial charge in [0.2, 0.25) is 0 Å². The van der Waals surface area contributed by atoms with Gasteiger partial charge in [0.1, 0.15) is 5.75 Å². The molecule has 1 aliphatic rings. The van der Waals surface area contributed by atoms with E-state index in [1.165, 1.54) is 22.1 Å². The molecule has 0 bridgehead atoms. The first-order valence-electron chi connectivity index (χ1n) is 10.5. The number of amides is 2. The maximum absolute atomic E-state index is 12.8. The van der Waals surface area contributed by atoms with Crippen LogP contribution in [0, 0.1) is 0 Å². The molecule has 162 valence electrons. The number of hydrogen-bond acceptors (Lipinski definition) is 5. The molecule has 0 aliphatic heterocycles. The fraction of sp³-hybridized carbons (Fsp3) is 0.208. The second-order valence-corrected chi connectivity index (χ2v) is 8.89. The smallest absolute Gasteiger partial charge is 0.342 e. The molecule has 32 heavy (non-hydrogen) atoms. The first-order chi connectivity index (χ1) is 15.5. The summed E-state index contributed by atoms with van der Waals surface area (Å²) in [5.74, 6) is 0.124. The number of carbonyl (C=O) groups excluding carboxylic acids is 2. The van der Waals surface area contributed by atoms with Gasteiger partial charge in [-0.1, -0.05) is 18.2 Å². The molecule has 2 amide bonds. The summed E-state index contributed by atoms with van der Waals surface area (Å²) in [6, 6.07) is 16.1. The van der Waals surface area contributed by atoms with Crippen LogP contribution in [0.5, 0.6) is 5.75 Å². The van der Waals surface area contributed by atoms with Crippen LogP contribution in [-0.4, -0.2) is 33.4 Å². The number of rotatable bonds is 5. The lowest BCUT2D eigenvalue weighted by Crippen LogP contribution is -2.30. The molecule has 2 aromatic carbocycles. The third-order valence-electron chi connectivity index (χ3n) is 5.43. The van der Waals surface area contributed by atoms with Crippen molar-refractivity contribution in [1.29, 1.82) is 0 Å². The Hall–Kier alpha value is -3.65. The molecule has 1 aliphatic carbocycles. The maximum atomic E-state index is 12.8. The molecule has 5 rings (SSSR count). The van der Waals surface area contributed by atoms with Gasteiger partial charge in [-0.05, 0) is 61.5 Å². The molecule has 0 atom stereocenters. The van der Waals surface area contributed by atoms with Gasteiger partial charge in [0, 0.05) is 28.4 Å². The van der Waals surface area contributed by atoms with Gasteiger partial charge in [-0.3, -0.25) is 4.79 Å². The van der Waals surface area contributed by atoms with Crippen LogP contribution in [0.2, 0.25) is 0 Å². The monoisotopic (exact) mass is 446 g/mol. The highest BCUT2D eigenvalue weighted by Crippen LogP contribution is 2.42. The van der Waals surface area contributed by atoms with Gasteiger partial charge < -0.3 is 15.7 Å². The molecule has 0 radical (unpaired) electrons. The minimum Gasteiger partial charge on any atom is -0.507 e. The molecule has 1 fully saturated rings. The quantitative estimate of drug-likeness (QED) is 0.368. The van der Waals surface area contributed by atoms with Crippen molar-refractivity contribution in [2.24, 2.45) is 0 Å². The molecule has 4 aromatic rings. The first-order valence-corrected chi connectivity index (χ1v) is 11.4. The number of thiophene rings is 1. The Balaban J connectivity index is 1.44. The summed E-state index contributed by atoms with van der Waals surface area (Å²) in [5.41, 5.74) is 2.34. The first kappa shape index (κ1) is 20.3. The summed E-state index contributed by atoms with van der Waals surface area (Å²) >= 11 is 1.43. The topological polar surface area (TPSA) is 96.3 Å². The maximum Gasteiger partial charge on any atom is 0.342 e. The Kier molecular flexibility index (Phi) is 5.14. The molecular weight excluding hydrogens is 424 g/mol. The highest BCUT2D eigenvalue weighted by Gasteiger charge is 2.30. The van der Waals surface area contributed by atoms with E-state index in [1.54, 1.807) is 12.1 Å². The SMILES string of the molecule is CCNC(=O)n1nc(-c2cc(NC(=O)c3cc4ccccc4s3)ccc2O)cc1C1CC1. The number of carbonyl (C=O) groups is 2. The number of benzene rings is 2. The second-order valence-electron chi connectivity index (χ2n) is 7.81. The van der Waals surface area contributed by atoms with Crippen molar-refractivity contribution in [1.82, 2.24) is 15.1 Å². The summed E-state index contributed by atoms with van der Waals surface area (Å²) in [6.45, 7) is 2.36. The van der Waals surface area contributed by atoms with E-state index >= 15 is 0 Å². The van der Waals surface area contributed by atoms with Crippen LogP contribution in [0.3, 0.4) is 0 Å². The Morgan fingerprint density at radius 2 is 1.97 bits per heavy atom. The zero-order valence-electron chi connectivity index (χ0n) is 17.5. The van der Waals surface area contributed by atoms with Crippen LogP contribution in [-0.2, 0) is 0 Å². The minimum atomic E-state index is -0.283. The molecule has 8 heteroatoms. The molecule has 0 unspecified atom stereocenters. The molecule has 7 nitrogen and oxygen atoms in total.